The number of nitrogens with one attached hydrogen (secondary N) is 2. The Bertz CT molecular complexity index is 547. The number of benzene rings is 1. The van der Waals surface area contributed by atoms with Crippen molar-refractivity contribution < 1.29 is 13.2 Å². The molecule has 1 rings (SSSR count). The van der Waals surface area contributed by atoms with Crippen LogP contribution in [0.15, 0.2) is 17.0 Å². The highest BCUT2D eigenvalue weighted by Gasteiger charge is 2.18. The molecule has 5 nitrogen and oxygen atoms in total. The van der Waals surface area contributed by atoms with E-state index in [-0.39, 0.29) is 12.4 Å². The molecule has 122 valence electrons. The van der Waals surface area contributed by atoms with Crippen molar-refractivity contribution in [3.8, 4) is 5.75 Å². The quantitative estimate of drug-likeness (QED) is 0.713. The first-order valence-corrected chi connectivity index (χ1v) is 8.26. The first kappa shape index (κ1) is 20.2. The fourth-order valence-corrected chi connectivity index (χ4v) is 3.27. The largest absolute Gasteiger partial charge is 0.496 e. The van der Waals surface area contributed by atoms with Crippen LogP contribution in [0.4, 0.5) is 0 Å². The zero-order valence-corrected chi connectivity index (χ0v) is 14.7. The zero-order valence-electron chi connectivity index (χ0n) is 13.0. The van der Waals surface area contributed by atoms with Crippen LogP contribution < -0.4 is 14.8 Å². The number of hydrogen-bond acceptors (Lipinski definition) is 4. The normalized spacial score (nSPS) is 11.0. The molecule has 1 aromatic carbocycles. The third-order valence-corrected chi connectivity index (χ3v) is 4.61. The zero-order chi connectivity index (χ0) is 15.2. The van der Waals surface area contributed by atoms with E-state index in [9.17, 15) is 8.42 Å². The minimum absolute atomic E-state index is 0. The molecular formula is C14H25ClN2O3S. The van der Waals surface area contributed by atoms with Crippen molar-refractivity contribution in [3.63, 3.8) is 0 Å². The molecular weight excluding hydrogens is 312 g/mol. The van der Waals surface area contributed by atoms with Crippen LogP contribution in [-0.2, 0) is 10.0 Å². The summed E-state index contributed by atoms with van der Waals surface area (Å²) >= 11 is 0. The lowest BCUT2D eigenvalue weighted by Gasteiger charge is -2.13. The molecule has 21 heavy (non-hydrogen) atoms. The predicted octanol–water partition coefficient (Wildman–Crippen LogP) is 2.01. The molecule has 7 heteroatoms. The average Bonchev–Trinajstić information content (AvgIpc) is 2.40. The summed E-state index contributed by atoms with van der Waals surface area (Å²) in [6.45, 7) is 7.57. The maximum Gasteiger partial charge on any atom is 0.240 e. The van der Waals surface area contributed by atoms with Crippen molar-refractivity contribution in [1.82, 2.24) is 10.0 Å². The molecule has 1 aromatic rings. The third kappa shape index (κ3) is 5.82. The van der Waals surface area contributed by atoms with Crippen LogP contribution in [-0.4, -0.2) is 35.2 Å². The summed E-state index contributed by atoms with van der Waals surface area (Å²) in [5.41, 5.74) is 1.49. The smallest absolute Gasteiger partial charge is 0.240 e. The number of hydrogen-bond donors (Lipinski definition) is 2. The molecule has 0 amide bonds. The van der Waals surface area contributed by atoms with Crippen molar-refractivity contribution >= 4 is 22.4 Å². The highest BCUT2D eigenvalue weighted by molar-refractivity contribution is 7.89. The van der Waals surface area contributed by atoms with Crippen molar-refractivity contribution in [3.05, 3.63) is 23.3 Å². The Balaban J connectivity index is 0.00000400. The number of sulfonamides is 1. The molecule has 0 saturated carbocycles. The second kappa shape index (κ2) is 9.25. The van der Waals surface area contributed by atoms with Gasteiger partial charge in [0.05, 0.1) is 12.0 Å². The van der Waals surface area contributed by atoms with E-state index in [1.165, 1.54) is 0 Å². The Kier molecular flexibility index (Phi) is 8.89. The van der Waals surface area contributed by atoms with E-state index in [0.717, 1.165) is 18.5 Å². The number of aryl methyl sites for hydroxylation is 2. The second-order valence-corrected chi connectivity index (χ2v) is 6.47. The average molecular weight is 337 g/mol. The van der Waals surface area contributed by atoms with Crippen molar-refractivity contribution in [2.75, 3.05) is 26.7 Å². The molecule has 2 N–H and O–H groups in total. The van der Waals surface area contributed by atoms with Gasteiger partial charge in [0.2, 0.25) is 10.0 Å². The molecule has 0 aliphatic heterocycles. The van der Waals surface area contributed by atoms with Crippen LogP contribution in [0.5, 0.6) is 5.75 Å². The van der Waals surface area contributed by atoms with Crippen molar-refractivity contribution in [2.45, 2.75) is 32.1 Å². The van der Waals surface area contributed by atoms with Gasteiger partial charge in [-0.1, -0.05) is 6.92 Å². The molecule has 0 fully saturated rings. The van der Waals surface area contributed by atoms with Gasteiger partial charge in [-0.15, -0.1) is 12.4 Å². The first-order valence-electron chi connectivity index (χ1n) is 6.78. The van der Waals surface area contributed by atoms with Crippen LogP contribution in [0, 0.1) is 13.8 Å². The summed E-state index contributed by atoms with van der Waals surface area (Å²) in [5.74, 6) is 0.700. The van der Waals surface area contributed by atoms with Crippen LogP contribution in [0.1, 0.15) is 24.5 Å². The molecule has 0 aliphatic carbocycles. The Labute approximate surface area is 133 Å². The van der Waals surface area contributed by atoms with Crippen molar-refractivity contribution in [1.29, 1.82) is 0 Å². The van der Waals surface area contributed by atoms with Gasteiger partial charge in [0.15, 0.2) is 0 Å². The SMILES string of the molecule is CCCNCCNS(=O)(=O)c1cc(C)c(OC)cc1C.Cl. The summed E-state index contributed by atoms with van der Waals surface area (Å²) in [4.78, 5) is 0.311. The van der Waals surface area contributed by atoms with E-state index in [1.54, 1.807) is 26.2 Å². The number of rotatable bonds is 8. The van der Waals surface area contributed by atoms with Crippen LogP contribution in [0.3, 0.4) is 0 Å². The van der Waals surface area contributed by atoms with Crippen LogP contribution in [0.25, 0.3) is 0 Å². The summed E-state index contributed by atoms with van der Waals surface area (Å²) in [6.07, 6.45) is 1.03. The summed E-state index contributed by atoms with van der Waals surface area (Å²) in [6, 6.07) is 3.40. The van der Waals surface area contributed by atoms with E-state index in [1.807, 2.05) is 6.92 Å². The summed E-state index contributed by atoms with van der Waals surface area (Å²) in [7, 11) is -1.89. The van der Waals surface area contributed by atoms with Crippen molar-refractivity contribution in [2.24, 2.45) is 0 Å². The topological polar surface area (TPSA) is 67.4 Å². The third-order valence-electron chi connectivity index (χ3n) is 3.00. The van der Waals surface area contributed by atoms with E-state index in [4.69, 9.17) is 4.74 Å². The Morgan fingerprint density at radius 3 is 2.33 bits per heavy atom. The molecule has 0 aliphatic rings. The molecule has 0 aromatic heterocycles. The first-order chi connectivity index (χ1) is 9.42. The van der Waals surface area contributed by atoms with Gasteiger partial charge in [-0.25, -0.2) is 13.1 Å². The highest BCUT2D eigenvalue weighted by Crippen LogP contribution is 2.25. The fraction of sp³-hybridized carbons (Fsp3) is 0.571. The predicted molar refractivity (Wildman–Crippen MR) is 88.1 cm³/mol. The standard InChI is InChI=1S/C14H24N2O3S.ClH/c1-5-6-15-7-8-16-20(17,18)14-10-11(2)13(19-4)9-12(14)3;/h9-10,15-16H,5-8H2,1-4H3;1H. The van der Waals surface area contributed by atoms with Gasteiger partial charge in [-0.3, -0.25) is 0 Å². The number of halogens is 1. The van der Waals surface area contributed by atoms with Gasteiger partial charge < -0.3 is 10.1 Å². The maximum absolute atomic E-state index is 12.3. The Morgan fingerprint density at radius 2 is 1.76 bits per heavy atom. The second-order valence-electron chi connectivity index (χ2n) is 4.74. The van der Waals surface area contributed by atoms with Gasteiger partial charge >= 0.3 is 0 Å². The fourth-order valence-electron chi connectivity index (χ4n) is 1.93. The van der Waals surface area contributed by atoms with Crippen LogP contribution >= 0.6 is 12.4 Å². The van der Waals surface area contributed by atoms with Gasteiger partial charge in [-0.05, 0) is 50.1 Å². The lowest BCUT2D eigenvalue weighted by molar-refractivity contribution is 0.411. The number of ether oxygens (including phenoxy) is 1. The van der Waals surface area contributed by atoms with Gasteiger partial charge in [0.25, 0.3) is 0 Å². The highest BCUT2D eigenvalue weighted by atomic mass is 35.5. The Morgan fingerprint density at radius 1 is 1.10 bits per heavy atom. The lowest BCUT2D eigenvalue weighted by Crippen LogP contribution is -2.32. The van der Waals surface area contributed by atoms with Gasteiger partial charge in [0, 0.05) is 13.1 Å². The van der Waals surface area contributed by atoms with Gasteiger partial charge in [0.1, 0.15) is 5.75 Å². The molecule has 0 saturated heterocycles. The molecule has 0 bridgehead atoms. The summed E-state index contributed by atoms with van der Waals surface area (Å²) < 4.78 is 32.3. The molecule has 0 spiro atoms. The van der Waals surface area contributed by atoms with E-state index >= 15 is 0 Å². The molecule has 0 atom stereocenters. The lowest BCUT2D eigenvalue weighted by atomic mass is 10.1. The van der Waals surface area contributed by atoms with E-state index in [0.29, 0.717) is 29.3 Å². The molecule has 0 heterocycles. The minimum atomic E-state index is -3.47. The summed E-state index contributed by atoms with van der Waals surface area (Å²) in [5, 5.41) is 3.16. The maximum atomic E-state index is 12.3. The Hall–Kier alpha value is -0.820. The van der Waals surface area contributed by atoms with Gasteiger partial charge in [-0.2, -0.15) is 0 Å². The minimum Gasteiger partial charge on any atom is -0.496 e. The molecule has 0 radical (unpaired) electrons. The monoisotopic (exact) mass is 336 g/mol. The number of methoxy groups -OCH3 is 1. The molecule has 0 unspecified atom stereocenters. The van der Waals surface area contributed by atoms with E-state index < -0.39 is 10.0 Å². The van der Waals surface area contributed by atoms with E-state index in [2.05, 4.69) is 17.0 Å². The van der Waals surface area contributed by atoms with Crippen LogP contribution in [0.2, 0.25) is 0 Å².